The fourth-order valence-corrected chi connectivity index (χ4v) is 3.44. The van der Waals surface area contributed by atoms with E-state index in [1.807, 2.05) is 18.2 Å². The fraction of sp³-hybridized carbons (Fsp3) is 0.304. The molecule has 0 aromatic heterocycles. The summed E-state index contributed by atoms with van der Waals surface area (Å²) in [7, 11) is 3.11. The summed E-state index contributed by atoms with van der Waals surface area (Å²) >= 11 is 0. The summed E-state index contributed by atoms with van der Waals surface area (Å²) in [6.45, 7) is -0.318. The molecule has 0 saturated carbocycles. The van der Waals surface area contributed by atoms with E-state index in [1.165, 1.54) is 18.7 Å². The maximum atomic E-state index is 12.2. The van der Waals surface area contributed by atoms with E-state index in [2.05, 4.69) is 11.4 Å². The van der Waals surface area contributed by atoms with Gasteiger partial charge in [-0.25, -0.2) is 4.79 Å². The van der Waals surface area contributed by atoms with Gasteiger partial charge in [-0.1, -0.05) is 24.3 Å². The Hall–Kier alpha value is -3.28. The molecule has 1 aliphatic rings. The average molecular weight is 395 g/mol. The lowest BCUT2D eigenvalue weighted by Crippen LogP contribution is -2.34. The van der Waals surface area contributed by atoms with Crippen molar-refractivity contribution in [1.29, 1.82) is 0 Å². The molecule has 1 N–H and O–H groups in total. The Bertz CT molecular complexity index is 906. The van der Waals surface area contributed by atoms with Gasteiger partial charge in [0, 0.05) is 17.7 Å². The molecule has 1 aliphatic carbocycles. The molecule has 3 rings (SSSR count). The SMILES string of the molecule is COc1ccc(/C=C/C(=O)OCC(=O)N[C@@H]2CCCc3ccccc32)c(OC)c1. The number of aryl methyl sites for hydroxylation is 1. The van der Waals surface area contributed by atoms with Crippen molar-refractivity contribution < 1.29 is 23.8 Å². The molecule has 0 radical (unpaired) electrons. The standard InChI is InChI=1S/C23H25NO5/c1-27-18-12-10-17(21(14-18)28-2)11-13-23(26)29-15-22(25)24-20-9-5-7-16-6-3-4-8-19(16)20/h3-4,6,8,10-14,20H,5,7,9,15H2,1-2H3,(H,24,25)/b13-11+/t20-/m1/s1. The van der Waals surface area contributed by atoms with E-state index in [0.717, 1.165) is 24.8 Å². The van der Waals surface area contributed by atoms with Crippen LogP contribution in [0.15, 0.2) is 48.5 Å². The second kappa shape index (κ2) is 9.78. The minimum Gasteiger partial charge on any atom is -0.497 e. The molecule has 6 nitrogen and oxygen atoms in total. The lowest BCUT2D eigenvalue weighted by molar-refractivity contribution is -0.144. The molecule has 1 atom stereocenters. The predicted octanol–water partition coefficient (Wildman–Crippen LogP) is 3.45. The number of hydrogen-bond donors (Lipinski definition) is 1. The minimum atomic E-state index is -0.595. The number of amides is 1. The van der Waals surface area contributed by atoms with Gasteiger partial charge in [-0.15, -0.1) is 0 Å². The van der Waals surface area contributed by atoms with Gasteiger partial charge in [0.25, 0.3) is 5.91 Å². The third-order valence-electron chi connectivity index (χ3n) is 4.89. The van der Waals surface area contributed by atoms with E-state index < -0.39 is 5.97 Å². The molecule has 0 heterocycles. The number of carbonyl (C=O) groups excluding carboxylic acids is 2. The molecule has 0 aliphatic heterocycles. The van der Waals surface area contributed by atoms with E-state index in [9.17, 15) is 9.59 Å². The van der Waals surface area contributed by atoms with Crippen molar-refractivity contribution >= 4 is 18.0 Å². The highest BCUT2D eigenvalue weighted by Gasteiger charge is 2.21. The van der Waals surface area contributed by atoms with Gasteiger partial charge in [-0.05, 0) is 48.6 Å². The molecule has 0 spiro atoms. The number of esters is 1. The second-order valence-corrected chi connectivity index (χ2v) is 6.76. The molecule has 2 aromatic rings. The Balaban J connectivity index is 1.52. The van der Waals surface area contributed by atoms with E-state index in [-0.39, 0.29) is 18.6 Å². The topological polar surface area (TPSA) is 73.9 Å². The van der Waals surface area contributed by atoms with E-state index in [4.69, 9.17) is 14.2 Å². The first kappa shape index (κ1) is 20.5. The lowest BCUT2D eigenvalue weighted by Gasteiger charge is -2.26. The minimum absolute atomic E-state index is 0.0368. The number of benzene rings is 2. The first-order chi connectivity index (χ1) is 14.1. The first-order valence-electron chi connectivity index (χ1n) is 9.54. The number of hydrogen-bond acceptors (Lipinski definition) is 5. The van der Waals surface area contributed by atoms with E-state index >= 15 is 0 Å². The number of methoxy groups -OCH3 is 2. The molecule has 0 unspecified atom stereocenters. The fourth-order valence-electron chi connectivity index (χ4n) is 3.44. The zero-order valence-electron chi connectivity index (χ0n) is 16.6. The summed E-state index contributed by atoms with van der Waals surface area (Å²) in [5.41, 5.74) is 3.11. The average Bonchev–Trinajstić information content (AvgIpc) is 2.76. The summed E-state index contributed by atoms with van der Waals surface area (Å²) in [4.78, 5) is 24.2. The Labute approximate surface area is 170 Å². The van der Waals surface area contributed by atoms with E-state index in [1.54, 1.807) is 31.4 Å². The maximum absolute atomic E-state index is 12.2. The zero-order chi connectivity index (χ0) is 20.6. The van der Waals surface area contributed by atoms with Gasteiger partial charge >= 0.3 is 5.97 Å². The number of ether oxygens (including phenoxy) is 3. The van der Waals surface area contributed by atoms with Crippen molar-refractivity contribution in [3.05, 3.63) is 65.2 Å². The Kier molecular flexibility index (Phi) is 6.89. The van der Waals surface area contributed by atoms with Crippen LogP contribution in [0.4, 0.5) is 0 Å². The lowest BCUT2D eigenvalue weighted by atomic mass is 9.88. The monoisotopic (exact) mass is 395 g/mol. The van der Waals surface area contributed by atoms with Crippen molar-refractivity contribution in [3.63, 3.8) is 0 Å². The molecule has 29 heavy (non-hydrogen) atoms. The summed E-state index contributed by atoms with van der Waals surface area (Å²) in [6, 6.07) is 13.3. The normalized spacial score (nSPS) is 15.4. The molecule has 0 saturated heterocycles. The molecule has 0 bridgehead atoms. The van der Waals surface area contributed by atoms with Crippen LogP contribution in [0.5, 0.6) is 11.5 Å². The van der Waals surface area contributed by atoms with Crippen LogP contribution in [0.2, 0.25) is 0 Å². The number of fused-ring (bicyclic) bond motifs is 1. The molecule has 1 amide bonds. The van der Waals surface area contributed by atoms with Gasteiger partial charge in [-0.3, -0.25) is 4.79 Å². The third-order valence-corrected chi connectivity index (χ3v) is 4.89. The molecule has 0 fully saturated rings. The summed E-state index contributed by atoms with van der Waals surface area (Å²) in [5, 5.41) is 2.96. The highest BCUT2D eigenvalue weighted by atomic mass is 16.5. The number of nitrogens with one attached hydrogen (secondary N) is 1. The second-order valence-electron chi connectivity index (χ2n) is 6.76. The number of rotatable bonds is 7. The maximum Gasteiger partial charge on any atom is 0.331 e. The van der Waals surface area contributed by atoms with Gasteiger partial charge in [0.05, 0.1) is 20.3 Å². The van der Waals surface area contributed by atoms with Crippen LogP contribution in [-0.4, -0.2) is 32.7 Å². The molecular weight excluding hydrogens is 370 g/mol. The molecule has 6 heteroatoms. The highest BCUT2D eigenvalue weighted by molar-refractivity contribution is 5.89. The van der Waals surface area contributed by atoms with Crippen LogP contribution < -0.4 is 14.8 Å². The predicted molar refractivity (Wildman–Crippen MR) is 110 cm³/mol. The molecule has 152 valence electrons. The highest BCUT2D eigenvalue weighted by Crippen LogP contribution is 2.29. The molecular formula is C23H25NO5. The van der Waals surface area contributed by atoms with Crippen LogP contribution in [0.1, 0.15) is 35.6 Å². The van der Waals surface area contributed by atoms with Crippen molar-refractivity contribution in [2.75, 3.05) is 20.8 Å². The quantitative estimate of drug-likeness (QED) is 0.574. The summed E-state index contributed by atoms with van der Waals surface area (Å²) in [5.74, 6) is 0.321. The van der Waals surface area contributed by atoms with Crippen molar-refractivity contribution in [3.8, 4) is 11.5 Å². The van der Waals surface area contributed by atoms with Gasteiger partial charge in [-0.2, -0.15) is 0 Å². The third kappa shape index (κ3) is 5.38. The Morgan fingerprint density at radius 2 is 1.97 bits per heavy atom. The van der Waals surface area contributed by atoms with Gasteiger partial charge < -0.3 is 19.5 Å². The van der Waals surface area contributed by atoms with Gasteiger partial charge in [0.1, 0.15) is 11.5 Å². The van der Waals surface area contributed by atoms with Crippen molar-refractivity contribution in [1.82, 2.24) is 5.32 Å². The van der Waals surface area contributed by atoms with Gasteiger partial charge in [0.2, 0.25) is 0 Å². The van der Waals surface area contributed by atoms with Gasteiger partial charge in [0.15, 0.2) is 6.61 Å². The number of carbonyl (C=O) groups is 2. The Morgan fingerprint density at radius 3 is 2.76 bits per heavy atom. The zero-order valence-corrected chi connectivity index (χ0v) is 16.6. The van der Waals surface area contributed by atoms with Crippen LogP contribution in [0.3, 0.4) is 0 Å². The van der Waals surface area contributed by atoms with Crippen LogP contribution in [-0.2, 0) is 20.7 Å². The largest absolute Gasteiger partial charge is 0.497 e. The van der Waals surface area contributed by atoms with Crippen LogP contribution in [0.25, 0.3) is 6.08 Å². The summed E-state index contributed by atoms with van der Waals surface area (Å²) < 4.78 is 15.5. The molecule has 2 aromatic carbocycles. The van der Waals surface area contributed by atoms with Crippen LogP contribution >= 0.6 is 0 Å². The van der Waals surface area contributed by atoms with Crippen LogP contribution in [0, 0.1) is 0 Å². The summed E-state index contributed by atoms with van der Waals surface area (Å²) in [6.07, 6.45) is 5.78. The van der Waals surface area contributed by atoms with E-state index in [0.29, 0.717) is 17.1 Å². The Morgan fingerprint density at radius 1 is 1.14 bits per heavy atom. The van der Waals surface area contributed by atoms with Crippen molar-refractivity contribution in [2.45, 2.75) is 25.3 Å². The smallest absolute Gasteiger partial charge is 0.331 e. The van der Waals surface area contributed by atoms with Crippen molar-refractivity contribution in [2.24, 2.45) is 0 Å². The first-order valence-corrected chi connectivity index (χ1v) is 9.54.